The average molecular weight is 424 g/mol. The zero-order valence-corrected chi connectivity index (χ0v) is 16.9. The standard InChI is InChI=1S/C22H20N2O7/c1-3-30-22(29)16-10-6-7-11-17(16)23-18(25)12-31-21(28)13(2)24-19(26)14-8-4-5-9-15(14)20(24)27/h4-11,13H,3,12H2,1-2H3,(H,23,25)/t13-/m0/s1. The highest BCUT2D eigenvalue weighted by Gasteiger charge is 2.41. The third-order valence-electron chi connectivity index (χ3n) is 4.60. The first-order valence-electron chi connectivity index (χ1n) is 9.54. The highest BCUT2D eigenvalue weighted by atomic mass is 16.5. The van der Waals surface area contributed by atoms with Crippen LogP contribution in [0.3, 0.4) is 0 Å². The number of nitrogens with zero attached hydrogens (tertiary/aromatic N) is 1. The third kappa shape index (κ3) is 4.45. The lowest BCUT2D eigenvalue weighted by Crippen LogP contribution is -2.44. The van der Waals surface area contributed by atoms with Crippen molar-refractivity contribution in [2.45, 2.75) is 19.9 Å². The van der Waals surface area contributed by atoms with E-state index >= 15 is 0 Å². The normalized spacial score (nSPS) is 13.4. The average Bonchev–Trinajstić information content (AvgIpc) is 3.02. The summed E-state index contributed by atoms with van der Waals surface area (Å²) in [7, 11) is 0. The molecule has 3 rings (SSSR count). The van der Waals surface area contributed by atoms with Crippen molar-refractivity contribution >= 4 is 35.3 Å². The van der Waals surface area contributed by atoms with Crippen LogP contribution in [-0.2, 0) is 19.1 Å². The number of imide groups is 1. The van der Waals surface area contributed by atoms with Gasteiger partial charge in [-0.25, -0.2) is 9.59 Å². The number of esters is 2. The predicted octanol–water partition coefficient (Wildman–Crippen LogP) is 2.03. The lowest BCUT2D eigenvalue weighted by atomic mass is 10.1. The first-order chi connectivity index (χ1) is 14.8. The predicted molar refractivity (Wildman–Crippen MR) is 108 cm³/mol. The van der Waals surface area contributed by atoms with Gasteiger partial charge in [0.1, 0.15) is 6.04 Å². The lowest BCUT2D eigenvalue weighted by molar-refractivity contribution is -0.150. The summed E-state index contributed by atoms with van der Waals surface area (Å²) in [6, 6.07) is 11.3. The monoisotopic (exact) mass is 424 g/mol. The van der Waals surface area contributed by atoms with Crippen molar-refractivity contribution in [3.63, 3.8) is 0 Å². The number of hydrogen-bond donors (Lipinski definition) is 1. The maximum atomic E-state index is 12.5. The Morgan fingerprint density at radius 3 is 2.13 bits per heavy atom. The summed E-state index contributed by atoms with van der Waals surface area (Å²) < 4.78 is 9.92. The van der Waals surface area contributed by atoms with Crippen molar-refractivity contribution in [3.05, 3.63) is 65.2 Å². The minimum absolute atomic E-state index is 0.156. The molecule has 1 N–H and O–H groups in total. The van der Waals surface area contributed by atoms with Crippen LogP contribution in [0, 0.1) is 0 Å². The molecular formula is C22H20N2O7. The summed E-state index contributed by atoms with van der Waals surface area (Å²) in [6.07, 6.45) is 0. The van der Waals surface area contributed by atoms with E-state index in [2.05, 4.69) is 5.32 Å². The molecule has 0 saturated heterocycles. The molecule has 0 aliphatic carbocycles. The van der Waals surface area contributed by atoms with Crippen LogP contribution in [0.4, 0.5) is 5.69 Å². The number of nitrogens with one attached hydrogen (secondary N) is 1. The van der Waals surface area contributed by atoms with Gasteiger partial charge in [0.25, 0.3) is 17.7 Å². The molecule has 0 radical (unpaired) electrons. The van der Waals surface area contributed by atoms with Gasteiger partial charge < -0.3 is 14.8 Å². The number of carbonyl (C=O) groups excluding carboxylic acids is 5. The van der Waals surface area contributed by atoms with Crippen LogP contribution >= 0.6 is 0 Å². The van der Waals surface area contributed by atoms with Crippen molar-refractivity contribution in [1.82, 2.24) is 4.90 Å². The van der Waals surface area contributed by atoms with Gasteiger partial charge >= 0.3 is 11.9 Å². The molecule has 1 aliphatic heterocycles. The van der Waals surface area contributed by atoms with E-state index in [9.17, 15) is 24.0 Å². The molecule has 0 saturated carbocycles. The second-order valence-corrected chi connectivity index (χ2v) is 6.62. The molecule has 0 spiro atoms. The number of ether oxygens (including phenoxy) is 2. The summed E-state index contributed by atoms with van der Waals surface area (Å²) in [6.45, 7) is 2.52. The minimum Gasteiger partial charge on any atom is -0.462 e. The molecule has 2 aromatic rings. The maximum absolute atomic E-state index is 12.5. The van der Waals surface area contributed by atoms with Crippen LogP contribution in [0.25, 0.3) is 0 Å². The number of rotatable bonds is 7. The zero-order chi connectivity index (χ0) is 22.5. The topological polar surface area (TPSA) is 119 Å². The number of carbonyl (C=O) groups is 5. The molecule has 0 aromatic heterocycles. The Balaban J connectivity index is 1.60. The van der Waals surface area contributed by atoms with E-state index in [1.807, 2.05) is 0 Å². The fourth-order valence-electron chi connectivity index (χ4n) is 3.09. The zero-order valence-electron chi connectivity index (χ0n) is 16.9. The summed E-state index contributed by atoms with van der Waals surface area (Å²) in [5.74, 6) is -3.41. The van der Waals surface area contributed by atoms with Gasteiger partial charge in [-0.3, -0.25) is 19.3 Å². The van der Waals surface area contributed by atoms with Crippen molar-refractivity contribution in [3.8, 4) is 0 Å². The van der Waals surface area contributed by atoms with Gasteiger partial charge in [0, 0.05) is 0 Å². The number of hydrogen-bond acceptors (Lipinski definition) is 7. The van der Waals surface area contributed by atoms with Crippen LogP contribution < -0.4 is 5.32 Å². The molecule has 31 heavy (non-hydrogen) atoms. The fourth-order valence-corrected chi connectivity index (χ4v) is 3.09. The van der Waals surface area contributed by atoms with Crippen LogP contribution in [-0.4, -0.2) is 53.8 Å². The fraction of sp³-hybridized carbons (Fsp3) is 0.227. The molecule has 1 heterocycles. The molecule has 2 aromatic carbocycles. The molecule has 0 unspecified atom stereocenters. The largest absolute Gasteiger partial charge is 0.462 e. The van der Waals surface area contributed by atoms with Gasteiger partial charge in [0.05, 0.1) is 29.0 Å². The summed E-state index contributed by atoms with van der Waals surface area (Å²) in [5.41, 5.74) is 0.778. The Morgan fingerprint density at radius 1 is 0.935 bits per heavy atom. The van der Waals surface area contributed by atoms with Gasteiger partial charge in [-0.05, 0) is 38.1 Å². The Labute approximate surface area is 177 Å². The molecule has 9 nitrogen and oxygen atoms in total. The third-order valence-corrected chi connectivity index (χ3v) is 4.60. The number of anilines is 1. The lowest BCUT2D eigenvalue weighted by Gasteiger charge is -2.20. The van der Waals surface area contributed by atoms with Crippen LogP contribution in [0.1, 0.15) is 44.9 Å². The van der Waals surface area contributed by atoms with E-state index in [0.717, 1.165) is 4.90 Å². The van der Waals surface area contributed by atoms with E-state index < -0.39 is 42.3 Å². The Morgan fingerprint density at radius 2 is 1.52 bits per heavy atom. The van der Waals surface area contributed by atoms with Crippen LogP contribution in [0.2, 0.25) is 0 Å². The molecule has 0 bridgehead atoms. The molecule has 160 valence electrons. The summed E-state index contributed by atoms with van der Waals surface area (Å²) in [4.78, 5) is 62.3. The smallest absolute Gasteiger partial charge is 0.340 e. The second-order valence-electron chi connectivity index (χ2n) is 6.62. The molecule has 0 fully saturated rings. The van der Waals surface area contributed by atoms with E-state index in [4.69, 9.17) is 9.47 Å². The number of fused-ring (bicyclic) bond motifs is 1. The van der Waals surface area contributed by atoms with Crippen molar-refractivity contribution in [2.75, 3.05) is 18.5 Å². The first kappa shape index (κ1) is 21.7. The van der Waals surface area contributed by atoms with Crippen molar-refractivity contribution in [1.29, 1.82) is 0 Å². The number of benzene rings is 2. The van der Waals surface area contributed by atoms with Crippen molar-refractivity contribution in [2.24, 2.45) is 0 Å². The quantitative estimate of drug-likeness (QED) is 0.533. The molecule has 1 atom stereocenters. The maximum Gasteiger partial charge on any atom is 0.340 e. The summed E-state index contributed by atoms with van der Waals surface area (Å²) >= 11 is 0. The first-order valence-corrected chi connectivity index (χ1v) is 9.54. The Bertz CT molecular complexity index is 1030. The minimum atomic E-state index is -1.22. The van der Waals surface area contributed by atoms with Gasteiger partial charge in [0.15, 0.2) is 6.61 Å². The van der Waals surface area contributed by atoms with E-state index in [-0.39, 0.29) is 29.0 Å². The molecule has 9 heteroatoms. The molecular weight excluding hydrogens is 404 g/mol. The second kappa shape index (κ2) is 9.21. The SMILES string of the molecule is CCOC(=O)c1ccccc1NC(=O)COC(=O)[C@H](C)N1C(=O)c2ccccc2C1=O. The van der Waals surface area contributed by atoms with Gasteiger partial charge in [-0.2, -0.15) is 0 Å². The summed E-state index contributed by atoms with van der Waals surface area (Å²) in [5, 5.41) is 2.48. The van der Waals surface area contributed by atoms with Crippen LogP contribution in [0.5, 0.6) is 0 Å². The van der Waals surface area contributed by atoms with Gasteiger partial charge in [0.2, 0.25) is 0 Å². The Hall–Kier alpha value is -4.01. The molecule has 1 aliphatic rings. The Kier molecular flexibility index (Phi) is 6.44. The number of amides is 3. The van der Waals surface area contributed by atoms with Gasteiger partial charge in [-0.1, -0.05) is 24.3 Å². The van der Waals surface area contributed by atoms with Gasteiger partial charge in [-0.15, -0.1) is 0 Å². The van der Waals surface area contributed by atoms with E-state index in [1.165, 1.54) is 31.2 Å². The molecule has 3 amide bonds. The highest BCUT2D eigenvalue weighted by molar-refractivity contribution is 6.22. The van der Waals surface area contributed by atoms with Crippen molar-refractivity contribution < 1.29 is 33.4 Å². The number of para-hydroxylation sites is 1. The van der Waals surface area contributed by atoms with Crippen LogP contribution in [0.15, 0.2) is 48.5 Å². The van der Waals surface area contributed by atoms with E-state index in [1.54, 1.807) is 31.2 Å². The van der Waals surface area contributed by atoms with E-state index in [0.29, 0.717) is 0 Å². The highest BCUT2D eigenvalue weighted by Crippen LogP contribution is 2.24.